The summed E-state index contributed by atoms with van der Waals surface area (Å²) >= 11 is 0. The Labute approximate surface area is 125 Å². The molecule has 112 valence electrons. The molecule has 1 aromatic heterocycles. The van der Waals surface area contributed by atoms with Crippen molar-refractivity contribution < 1.29 is 17.4 Å². The van der Waals surface area contributed by atoms with Gasteiger partial charge < -0.3 is 4.42 Å². The molecule has 3 rings (SSSR count). The van der Waals surface area contributed by atoms with Gasteiger partial charge >= 0.3 is 10.3 Å². The highest BCUT2D eigenvalue weighted by Gasteiger charge is 2.09. The van der Waals surface area contributed by atoms with E-state index in [9.17, 15) is 13.2 Å². The first-order chi connectivity index (χ1) is 10.4. The summed E-state index contributed by atoms with van der Waals surface area (Å²) in [5.41, 5.74) is 0.816. The molecule has 2 aromatic carbocycles. The van der Waals surface area contributed by atoms with Crippen molar-refractivity contribution in [1.82, 2.24) is 0 Å². The van der Waals surface area contributed by atoms with Gasteiger partial charge in [0.15, 0.2) is 5.43 Å². The van der Waals surface area contributed by atoms with Gasteiger partial charge in [-0.1, -0.05) is 30.3 Å². The standard InChI is InChI=1S/C15H11NO5S/c17-13-9-14(10-4-2-1-3-5-10)21-15-8-11(6-7-12(13)15)16-22(18,19)20/h1-9,16H,(H,18,19,20). The summed E-state index contributed by atoms with van der Waals surface area (Å²) < 4.78 is 38.1. The lowest BCUT2D eigenvalue weighted by atomic mass is 10.1. The first kappa shape index (κ1) is 14.3. The van der Waals surface area contributed by atoms with Crippen LogP contribution < -0.4 is 10.2 Å². The predicted octanol–water partition coefficient (Wildman–Crippen LogP) is 2.67. The predicted molar refractivity (Wildman–Crippen MR) is 83.1 cm³/mol. The van der Waals surface area contributed by atoms with Crippen LogP contribution in [0.2, 0.25) is 0 Å². The van der Waals surface area contributed by atoms with Crippen LogP contribution >= 0.6 is 0 Å². The molecule has 0 saturated heterocycles. The van der Waals surface area contributed by atoms with E-state index < -0.39 is 10.3 Å². The molecule has 6 nitrogen and oxygen atoms in total. The molecular formula is C15H11NO5S. The van der Waals surface area contributed by atoms with Gasteiger partial charge in [0.25, 0.3) is 0 Å². The van der Waals surface area contributed by atoms with Crippen LogP contribution in [0.1, 0.15) is 0 Å². The average molecular weight is 317 g/mol. The molecule has 0 aliphatic heterocycles. The van der Waals surface area contributed by atoms with Crippen molar-refractivity contribution >= 4 is 27.0 Å². The molecule has 0 aliphatic rings. The summed E-state index contributed by atoms with van der Waals surface area (Å²) in [6.45, 7) is 0. The molecule has 0 aliphatic carbocycles. The Hall–Kier alpha value is -2.64. The Kier molecular flexibility index (Phi) is 3.44. The number of fused-ring (bicyclic) bond motifs is 1. The van der Waals surface area contributed by atoms with Gasteiger partial charge in [-0.25, -0.2) is 0 Å². The van der Waals surface area contributed by atoms with E-state index in [-0.39, 0.29) is 16.7 Å². The van der Waals surface area contributed by atoms with Crippen molar-refractivity contribution in [2.75, 3.05) is 4.72 Å². The van der Waals surface area contributed by atoms with Gasteiger partial charge in [-0.2, -0.15) is 8.42 Å². The molecule has 7 heteroatoms. The summed E-state index contributed by atoms with van der Waals surface area (Å²) in [7, 11) is -4.39. The number of nitrogens with one attached hydrogen (secondary N) is 1. The van der Waals surface area contributed by atoms with Crippen molar-refractivity contribution in [3.63, 3.8) is 0 Å². The minimum absolute atomic E-state index is 0.100. The number of anilines is 1. The third-order valence-electron chi connectivity index (χ3n) is 3.03. The van der Waals surface area contributed by atoms with Crippen molar-refractivity contribution in [3.8, 4) is 11.3 Å². The van der Waals surface area contributed by atoms with Crippen LogP contribution in [0.25, 0.3) is 22.3 Å². The monoisotopic (exact) mass is 317 g/mol. The van der Waals surface area contributed by atoms with E-state index in [4.69, 9.17) is 8.97 Å². The normalized spacial score (nSPS) is 11.5. The van der Waals surface area contributed by atoms with Crippen LogP contribution in [0.5, 0.6) is 0 Å². The van der Waals surface area contributed by atoms with Crippen molar-refractivity contribution in [3.05, 3.63) is 64.8 Å². The molecule has 0 saturated carbocycles. The van der Waals surface area contributed by atoms with Gasteiger partial charge in [0.05, 0.1) is 11.1 Å². The zero-order valence-electron chi connectivity index (χ0n) is 11.2. The fourth-order valence-corrected chi connectivity index (χ4v) is 2.54. The Morgan fingerprint density at radius 1 is 1.00 bits per heavy atom. The Balaban J connectivity index is 2.17. The maximum atomic E-state index is 12.1. The lowest BCUT2D eigenvalue weighted by Crippen LogP contribution is -2.10. The largest absolute Gasteiger partial charge is 0.456 e. The van der Waals surface area contributed by atoms with Crippen LogP contribution in [-0.2, 0) is 10.3 Å². The molecule has 0 unspecified atom stereocenters. The van der Waals surface area contributed by atoms with Gasteiger partial charge in [-0.3, -0.25) is 14.1 Å². The topological polar surface area (TPSA) is 96.6 Å². The van der Waals surface area contributed by atoms with Crippen LogP contribution in [0.15, 0.2) is 63.8 Å². The molecule has 3 aromatic rings. The quantitative estimate of drug-likeness (QED) is 0.724. The van der Waals surface area contributed by atoms with Gasteiger partial charge in [0.1, 0.15) is 11.3 Å². The van der Waals surface area contributed by atoms with Gasteiger partial charge in [-0.15, -0.1) is 0 Å². The number of benzene rings is 2. The third-order valence-corrected chi connectivity index (χ3v) is 3.53. The van der Waals surface area contributed by atoms with Crippen LogP contribution in [-0.4, -0.2) is 13.0 Å². The van der Waals surface area contributed by atoms with E-state index in [1.165, 1.54) is 24.3 Å². The zero-order chi connectivity index (χ0) is 15.7. The molecule has 1 heterocycles. The fourth-order valence-electron chi connectivity index (χ4n) is 2.11. The first-order valence-electron chi connectivity index (χ1n) is 6.31. The van der Waals surface area contributed by atoms with Gasteiger partial charge in [0.2, 0.25) is 0 Å². The Bertz CT molecular complexity index is 993. The fraction of sp³-hybridized carbons (Fsp3) is 0. The van der Waals surface area contributed by atoms with Crippen LogP contribution in [0.4, 0.5) is 5.69 Å². The summed E-state index contributed by atoms with van der Waals surface area (Å²) in [5, 5.41) is 0.320. The molecule has 0 bridgehead atoms. The lowest BCUT2D eigenvalue weighted by molar-refractivity contribution is 0.490. The highest BCUT2D eigenvalue weighted by atomic mass is 32.2. The molecule has 0 atom stereocenters. The second-order valence-corrected chi connectivity index (χ2v) is 5.78. The highest BCUT2D eigenvalue weighted by molar-refractivity contribution is 7.87. The maximum absolute atomic E-state index is 12.1. The molecular weight excluding hydrogens is 306 g/mol. The minimum Gasteiger partial charge on any atom is -0.456 e. The van der Waals surface area contributed by atoms with E-state index in [0.29, 0.717) is 11.1 Å². The van der Waals surface area contributed by atoms with E-state index in [1.54, 1.807) is 12.1 Å². The average Bonchev–Trinajstić information content (AvgIpc) is 2.46. The smallest absolute Gasteiger partial charge is 0.357 e. The molecule has 2 N–H and O–H groups in total. The van der Waals surface area contributed by atoms with E-state index in [2.05, 4.69) is 0 Å². The second kappa shape index (κ2) is 5.28. The van der Waals surface area contributed by atoms with E-state index in [0.717, 1.165) is 5.56 Å². The van der Waals surface area contributed by atoms with Crippen molar-refractivity contribution in [2.24, 2.45) is 0 Å². The number of rotatable bonds is 3. The third kappa shape index (κ3) is 3.00. The SMILES string of the molecule is O=c1cc(-c2ccccc2)oc2cc(NS(=O)(=O)O)ccc12. The van der Waals surface area contributed by atoms with Crippen LogP contribution in [0, 0.1) is 0 Å². The summed E-state index contributed by atoms with van der Waals surface area (Å²) in [6.07, 6.45) is 0. The Morgan fingerprint density at radius 2 is 1.73 bits per heavy atom. The maximum Gasteiger partial charge on any atom is 0.357 e. The van der Waals surface area contributed by atoms with Crippen molar-refractivity contribution in [1.29, 1.82) is 0 Å². The molecule has 0 amide bonds. The summed E-state index contributed by atoms with van der Waals surface area (Å²) in [4.78, 5) is 12.1. The molecule has 22 heavy (non-hydrogen) atoms. The zero-order valence-corrected chi connectivity index (χ0v) is 12.0. The van der Waals surface area contributed by atoms with Crippen molar-refractivity contribution in [2.45, 2.75) is 0 Å². The second-order valence-electron chi connectivity index (χ2n) is 4.63. The highest BCUT2D eigenvalue weighted by Crippen LogP contribution is 2.24. The Morgan fingerprint density at radius 3 is 2.41 bits per heavy atom. The first-order valence-corrected chi connectivity index (χ1v) is 7.75. The lowest BCUT2D eigenvalue weighted by Gasteiger charge is -2.06. The molecule has 0 fully saturated rings. The molecule has 0 spiro atoms. The number of hydrogen-bond donors (Lipinski definition) is 2. The van der Waals surface area contributed by atoms with Gasteiger partial charge in [-0.05, 0) is 12.1 Å². The van der Waals surface area contributed by atoms with Crippen LogP contribution in [0.3, 0.4) is 0 Å². The molecule has 0 radical (unpaired) electrons. The minimum atomic E-state index is -4.39. The van der Waals surface area contributed by atoms with Gasteiger partial charge in [0, 0.05) is 17.7 Å². The summed E-state index contributed by atoms with van der Waals surface area (Å²) in [6, 6.07) is 14.6. The summed E-state index contributed by atoms with van der Waals surface area (Å²) in [5.74, 6) is 0.377. The van der Waals surface area contributed by atoms with E-state index in [1.807, 2.05) is 22.9 Å². The van der Waals surface area contributed by atoms with E-state index >= 15 is 0 Å². The number of hydrogen-bond acceptors (Lipinski definition) is 4.